The van der Waals surface area contributed by atoms with Crippen LogP contribution in [0.2, 0.25) is 0 Å². The van der Waals surface area contributed by atoms with Crippen molar-refractivity contribution in [2.24, 2.45) is 5.92 Å². The molecule has 2 aromatic heterocycles. The van der Waals surface area contributed by atoms with Crippen molar-refractivity contribution in [3.63, 3.8) is 0 Å². The predicted octanol–water partition coefficient (Wildman–Crippen LogP) is 3.91. The second-order valence-electron chi connectivity index (χ2n) is 8.59. The summed E-state index contributed by atoms with van der Waals surface area (Å²) in [4.78, 5) is 24.5. The summed E-state index contributed by atoms with van der Waals surface area (Å²) in [5.41, 5.74) is 5.59. The molecule has 1 aliphatic rings. The Bertz CT molecular complexity index is 1250. The monoisotopic (exact) mass is 439 g/mol. The molecule has 1 N–H and O–H groups in total. The molecule has 1 aliphatic heterocycles. The first kappa shape index (κ1) is 21.3. The first-order chi connectivity index (χ1) is 16.2. The third kappa shape index (κ3) is 4.52. The Labute approximate surface area is 194 Å². The van der Waals surface area contributed by atoms with Crippen LogP contribution in [0.3, 0.4) is 0 Å². The number of pyridine rings is 1. The maximum absolute atomic E-state index is 13.0. The van der Waals surface area contributed by atoms with Gasteiger partial charge in [-0.05, 0) is 42.7 Å². The molecule has 0 radical (unpaired) electrons. The fraction of sp³-hybridized carbons (Fsp3) is 0.296. The number of carbonyl (C=O) groups excluding carboxylic acids is 1. The van der Waals surface area contributed by atoms with Gasteiger partial charge in [-0.3, -0.25) is 14.7 Å². The zero-order valence-electron chi connectivity index (χ0n) is 18.9. The number of imidazole rings is 1. The summed E-state index contributed by atoms with van der Waals surface area (Å²) in [7, 11) is 0. The molecule has 5 rings (SSSR count). The Morgan fingerprint density at radius 1 is 1.06 bits per heavy atom. The van der Waals surface area contributed by atoms with E-state index < -0.39 is 0 Å². The third-order valence-corrected chi connectivity index (χ3v) is 6.45. The number of aromatic nitrogens is 3. The smallest absolute Gasteiger partial charge is 0.224 e. The Morgan fingerprint density at radius 3 is 2.76 bits per heavy atom. The number of nitrogens with zero attached hydrogens (tertiary/aromatic N) is 4. The summed E-state index contributed by atoms with van der Waals surface area (Å²) in [6, 6.07) is 20.6. The Balaban J connectivity index is 1.39. The van der Waals surface area contributed by atoms with E-state index in [1.165, 1.54) is 11.1 Å². The van der Waals surface area contributed by atoms with Gasteiger partial charge in [0.2, 0.25) is 5.91 Å². The number of amides is 1. The highest BCUT2D eigenvalue weighted by atomic mass is 16.1. The van der Waals surface area contributed by atoms with Gasteiger partial charge in [0.1, 0.15) is 5.82 Å². The number of benzene rings is 2. The molecule has 0 bridgehead atoms. The van der Waals surface area contributed by atoms with Crippen LogP contribution in [-0.4, -0.2) is 45.0 Å². The van der Waals surface area contributed by atoms with Gasteiger partial charge in [-0.15, -0.1) is 0 Å². The minimum Gasteiger partial charge on any atom is -0.355 e. The van der Waals surface area contributed by atoms with Crippen LogP contribution in [-0.2, 0) is 24.3 Å². The zero-order valence-corrected chi connectivity index (χ0v) is 18.9. The van der Waals surface area contributed by atoms with E-state index in [9.17, 15) is 4.79 Å². The fourth-order valence-electron chi connectivity index (χ4n) is 4.83. The van der Waals surface area contributed by atoms with Crippen LogP contribution in [0, 0.1) is 5.92 Å². The minimum absolute atomic E-state index is 0.121. The van der Waals surface area contributed by atoms with Crippen LogP contribution in [0.1, 0.15) is 18.3 Å². The molecule has 0 aliphatic carbocycles. The highest BCUT2D eigenvalue weighted by Crippen LogP contribution is 2.26. The van der Waals surface area contributed by atoms with Crippen molar-refractivity contribution in [1.82, 2.24) is 24.8 Å². The number of aryl methyl sites for hydroxylation is 1. The van der Waals surface area contributed by atoms with Gasteiger partial charge in [0.25, 0.3) is 0 Å². The second kappa shape index (κ2) is 9.55. The zero-order chi connectivity index (χ0) is 22.6. The van der Waals surface area contributed by atoms with Crippen LogP contribution in [0.4, 0.5) is 0 Å². The van der Waals surface area contributed by atoms with Crippen molar-refractivity contribution < 1.29 is 4.79 Å². The molecule has 168 valence electrons. The van der Waals surface area contributed by atoms with Crippen molar-refractivity contribution >= 4 is 16.9 Å². The topological polar surface area (TPSA) is 63.0 Å². The number of hydrogen-bond donors (Lipinski definition) is 1. The van der Waals surface area contributed by atoms with Crippen molar-refractivity contribution in [3.8, 4) is 11.1 Å². The van der Waals surface area contributed by atoms with Gasteiger partial charge in [0.15, 0.2) is 0 Å². The first-order valence-electron chi connectivity index (χ1n) is 11.7. The number of hydrogen-bond acceptors (Lipinski definition) is 4. The van der Waals surface area contributed by atoms with Crippen molar-refractivity contribution in [2.75, 3.05) is 19.6 Å². The molecular weight excluding hydrogens is 410 g/mol. The molecule has 1 saturated heterocycles. The molecule has 1 amide bonds. The average molecular weight is 440 g/mol. The normalized spacial score (nSPS) is 17.1. The van der Waals surface area contributed by atoms with Crippen molar-refractivity contribution in [3.05, 3.63) is 84.4 Å². The number of rotatable bonds is 6. The molecule has 6 nitrogen and oxygen atoms in total. The summed E-state index contributed by atoms with van der Waals surface area (Å²) in [6.45, 7) is 5.95. The van der Waals surface area contributed by atoms with Gasteiger partial charge < -0.3 is 9.88 Å². The molecule has 0 unspecified atom stereocenters. The molecule has 1 atom stereocenters. The van der Waals surface area contributed by atoms with Crippen LogP contribution < -0.4 is 5.32 Å². The number of fused-ring (bicyclic) bond motifs is 1. The Morgan fingerprint density at radius 2 is 1.91 bits per heavy atom. The Kier molecular flexibility index (Phi) is 6.17. The van der Waals surface area contributed by atoms with E-state index in [-0.39, 0.29) is 11.8 Å². The highest BCUT2D eigenvalue weighted by Gasteiger charge is 2.27. The maximum Gasteiger partial charge on any atom is 0.224 e. The number of carbonyl (C=O) groups is 1. The van der Waals surface area contributed by atoms with Gasteiger partial charge in [0, 0.05) is 44.1 Å². The van der Waals surface area contributed by atoms with E-state index in [2.05, 4.69) is 63.1 Å². The summed E-state index contributed by atoms with van der Waals surface area (Å²) in [5.74, 6) is 1.06. The van der Waals surface area contributed by atoms with E-state index in [0.717, 1.165) is 42.1 Å². The van der Waals surface area contributed by atoms with Gasteiger partial charge in [-0.1, -0.05) is 42.5 Å². The van der Waals surface area contributed by atoms with Crippen molar-refractivity contribution in [1.29, 1.82) is 0 Å². The number of para-hydroxylation sites is 2. The molecule has 1 fully saturated rings. The van der Waals surface area contributed by atoms with Crippen molar-refractivity contribution in [2.45, 2.75) is 26.4 Å². The molecule has 33 heavy (non-hydrogen) atoms. The van der Waals surface area contributed by atoms with Crippen LogP contribution in [0.15, 0.2) is 73.1 Å². The van der Waals surface area contributed by atoms with E-state index in [0.29, 0.717) is 19.5 Å². The summed E-state index contributed by atoms with van der Waals surface area (Å²) < 4.78 is 2.28. The lowest BCUT2D eigenvalue weighted by atomic mass is 9.92. The summed E-state index contributed by atoms with van der Waals surface area (Å²) in [5, 5.41) is 3.12. The van der Waals surface area contributed by atoms with Crippen LogP contribution in [0.25, 0.3) is 22.2 Å². The van der Waals surface area contributed by atoms with Gasteiger partial charge in [0.05, 0.1) is 23.5 Å². The lowest BCUT2D eigenvalue weighted by Crippen LogP contribution is -2.34. The molecule has 0 saturated carbocycles. The lowest BCUT2D eigenvalue weighted by Gasteiger charge is -2.23. The van der Waals surface area contributed by atoms with E-state index >= 15 is 0 Å². The van der Waals surface area contributed by atoms with Gasteiger partial charge in [-0.2, -0.15) is 0 Å². The molecule has 0 spiro atoms. The molecule has 6 heteroatoms. The largest absolute Gasteiger partial charge is 0.355 e. The SMILES string of the molecule is CCn1c(CN2CCNC(=O)[C@H](Cc3ccccc3-c3cccnc3)C2)nc2ccccc21. The van der Waals surface area contributed by atoms with Gasteiger partial charge >= 0.3 is 0 Å². The first-order valence-corrected chi connectivity index (χ1v) is 11.7. The third-order valence-electron chi connectivity index (χ3n) is 6.45. The maximum atomic E-state index is 13.0. The average Bonchev–Trinajstić information content (AvgIpc) is 3.11. The number of nitrogens with one attached hydrogen (secondary N) is 1. The minimum atomic E-state index is -0.121. The predicted molar refractivity (Wildman–Crippen MR) is 131 cm³/mol. The lowest BCUT2D eigenvalue weighted by molar-refractivity contribution is -0.124. The van der Waals surface area contributed by atoms with Crippen LogP contribution in [0.5, 0.6) is 0 Å². The quantitative estimate of drug-likeness (QED) is 0.495. The molecule has 3 heterocycles. The molecule has 2 aromatic carbocycles. The Hall–Kier alpha value is -3.51. The molecule has 4 aromatic rings. The highest BCUT2D eigenvalue weighted by molar-refractivity contribution is 5.80. The van der Waals surface area contributed by atoms with Gasteiger partial charge in [-0.25, -0.2) is 4.98 Å². The van der Waals surface area contributed by atoms with E-state index in [1.54, 1.807) is 6.20 Å². The van der Waals surface area contributed by atoms with E-state index in [4.69, 9.17) is 4.98 Å². The standard InChI is InChI=1S/C27H29N5O/c1-2-32-25-12-6-5-11-24(25)30-26(32)19-31-15-14-29-27(33)22(18-31)16-20-8-3-4-10-23(20)21-9-7-13-28-17-21/h3-13,17,22H,2,14-16,18-19H2,1H3,(H,29,33)/t22-/m1/s1. The second-order valence-corrected chi connectivity index (χ2v) is 8.59. The van der Waals surface area contributed by atoms with Crippen LogP contribution >= 0.6 is 0 Å². The summed E-state index contributed by atoms with van der Waals surface area (Å²) >= 11 is 0. The molecular formula is C27H29N5O. The fourth-order valence-corrected chi connectivity index (χ4v) is 4.83. The summed E-state index contributed by atoms with van der Waals surface area (Å²) in [6.07, 6.45) is 4.36. The van der Waals surface area contributed by atoms with E-state index in [1.807, 2.05) is 30.5 Å².